The molecule has 0 spiro atoms. The van der Waals surface area contributed by atoms with Gasteiger partial charge in [0.1, 0.15) is 11.6 Å². The van der Waals surface area contributed by atoms with E-state index in [2.05, 4.69) is 9.97 Å². The normalized spacial score (nSPS) is 11.3. The third-order valence-electron chi connectivity index (χ3n) is 2.53. The highest BCUT2D eigenvalue weighted by molar-refractivity contribution is 5.39. The second-order valence-corrected chi connectivity index (χ2v) is 4.18. The molecule has 0 aliphatic heterocycles. The predicted molar refractivity (Wildman–Crippen MR) is 67.8 cm³/mol. The van der Waals surface area contributed by atoms with Crippen molar-refractivity contribution in [2.45, 2.75) is 13.1 Å². The number of hydrogen-bond donors (Lipinski definition) is 1. The van der Waals surface area contributed by atoms with Gasteiger partial charge in [0.05, 0.1) is 4.92 Å². The number of H-pyrrole nitrogens is 1. The summed E-state index contributed by atoms with van der Waals surface area (Å²) in [6, 6.07) is 4.24. The maximum Gasteiger partial charge on any atom is 0.437 e. The fraction of sp³-hybridized carbons (Fsp3) is 0.167. The van der Waals surface area contributed by atoms with Crippen LogP contribution in [0.4, 0.5) is 18.9 Å². The van der Waals surface area contributed by atoms with Crippen molar-refractivity contribution in [3.05, 3.63) is 56.3 Å². The topological polar surface area (TPSA) is 98.1 Å². The molecular formula is C12H8F3N3O4. The molecule has 1 N–H and O–H groups in total. The Labute approximate surface area is 120 Å². The van der Waals surface area contributed by atoms with E-state index >= 15 is 0 Å². The molecule has 0 fully saturated rings. The minimum absolute atomic E-state index is 0.160. The zero-order valence-corrected chi connectivity index (χ0v) is 11.0. The van der Waals surface area contributed by atoms with Crippen LogP contribution in [0.15, 0.2) is 29.1 Å². The highest BCUT2D eigenvalue weighted by Gasteiger charge is 2.38. The number of halogens is 3. The summed E-state index contributed by atoms with van der Waals surface area (Å²) >= 11 is 0. The van der Waals surface area contributed by atoms with E-state index in [-0.39, 0.29) is 17.3 Å². The van der Waals surface area contributed by atoms with Crippen LogP contribution < -0.4 is 10.3 Å². The molecular weight excluding hydrogens is 307 g/mol. The number of alkyl halides is 3. The molecule has 0 amide bonds. The van der Waals surface area contributed by atoms with Crippen molar-refractivity contribution >= 4 is 5.69 Å². The number of nitrogens with zero attached hydrogens (tertiary/aromatic N) is 2. The van der Waals surface area contributed by atoms with E-state index in [1.54, 1.807) is 0 Å². The Balaban J connectivity index is 2.45. The molecule has 1 aromatic carbocycles. The molecule has 7 nitrogen and oxygen atoms in total. The fourth-order valence-electron chi connectivity index (χ4n) is 1.62. The molecule has 10 heteroatoms. The van der Waals surface area contributed by atoms with Gasteiger partial charge in [0.25, 0.3) is 11.2 Å². The standard InChI is InChI=1S/C12H8F3N3O4/c1-6-16-10(12(13,14)15)9(11(19)17-6)22-8-4-2-7(3-5-8)18(20)21/h2-5H,1H3,(H,16,17,19). The van der Waals surface area contributed by atoms with Crippen molar-refractivity contribution < 1.29 is 22.8 Å². The Kier molecular flexibility index (Phi) is 3.85. The van der Waals surface area contributed by atoms with E-state index in [1.807, 2.05) is 0 Å². The monoisotopic (exact) mass is 315 g/mol. The molecule has 0 radical (unpaired) electrons. The second-order valence-electron chi connectivity index (χ2n) is 4.18. The van der Waals surface area contributed by atoms with Crippen LogP contribution in [0.25, 0.3) is 0 Å². The number of hydrogen-bond acceptors (Lipinski definition) is 5. The summed E-state index contributed by atoms with van der Waals surface area (Å²) < 4.78 is 43.6. The quantitative estimate of drug-likeness (QED) is 0.693. The van der Waals surface area contributed by atoms with Crippen molar-refractivity contribution in [3.63, 3.8) is 0 Å². The Morgan fingerprint density at radius 1 is 1.27 bits per heavy atom. The van der Waals surface area contributed by atoms with Crippen LogP contribution in [-0.2, 0) is 6.18 Å². The Hall–Kier alpha value is -2.91. The highest BCUT2D eigenvalue weighted by atomic mass is 19.4. The van der Waals surface area contributed by atoms with Gasteiger partial charge in [-0.25, -0.2) is 4.98 Å². The van der Waals surface area contributed by atoms with Gasteiger partial charge in [0, 0.05) is 12.1 Å². The van der Waals surface area contributed by atoms with Gasteiger partial charge in [-0.15, -0.1) is 0 Å². The molecule has 116 valence electrons. The molecule has 0 bridgehead atoms. The first-order chi connectivity index (χ1) is 10.2. The molecule has 22 heavy (non-hydrogen) atoms. The first kappa shape index (κ1) is 15.5. The van der Waals surface area contributed by atoms with Gasteiger partial charge in [0.2, 0.25) is 5.75 Å². The van der Waals surface area contributed by atoms with Crippen molar-refractivity contribution in [1.82, 2.24) is 9.97 Å². The average molecular weight is 315 g/mol. The van der Waals surface area contributed by atoms with E-state index < -0.39 is 28.1 Å². The number of nitro benzene ring substituents is 1. The number of nitro groups is 1. The van der Waals surface area contributed by atoms with E-state index in [0.717, 1.165) is 24.3 Å². The number of ether oxygens (including phenoxy) is 1. The summed E-state index contributed by atoms with van der Waals surface area (Å²) in [4.78, 5) is 26.8. The molecule has 2 rings (SSSR count). The molecule has 0 aliphatic rings. The van der Waals surface area contributed by atoms with Crippen molar-refractivity contribution in [2.75, 3.05) is 0 Å². The summed E-state index contributed by atoms with van der Waals surface area (Å²) in [5, 5.41) is 10.5. The lowest BCUT2D eigenvalue weighted by atomic mass is 10.3. The summed E-state index contributed by atoms with van der Waals surface area (Å²) in [5.74, 6) is -1.40. The average Bonchev–Trinajstić information content (AvgIpc) is 2.41. The van der Waals surface area contributed by atoms with Crippen LogP contribution in [0.3, 0.4) is 0 Å². The van der Waals surface area contributed by atoms with Gasteiger partial charge in [-0.1, -0.05) is 0 Å². The van der Waals surface area contributed by atoms with Crippen LogP contribution >= 0.6 is 0 Å². The number of aromatic nitrogens is 2. The van der Waals surface area contributed by atoms with Crippen molar-refractivity contribution in [2.24, 2.45) is 0 Å². The molecule has 2 aromatic rings. The molecule has 0 unspecified atom stereocenters. The summed E-state index contributed by atoms with van der Waals surface area (Å²) in [7, 11) is 0. The van der Waals surface area contributed by atoms with Gasteiger partial charge < -0.3 is 9.72 Å². The summed E-state index contributed by atoms with van der Waals surface area (Å²) in [6.07, 6.45) is -4.88. The minimum Gasteiger partial charge on any atom is -0.449 e. The zero-order valence-electron chi connectivity index (χ0n) is 11.0. The SMILES string of the molecule is Cc1nc(C(F)(F)F)c(Oc2ccc([N+](=O)[O-])cc2)c(=O)[nH]1. The molecule has 1 aromatic heterocycles. The van der Waals surface area contributed by atoms with E-state index in [4.69, 9.17) is 4.74 Å². The molecule has 0 saturated carbocycles. The first-order valence-corrected chi connectivity index (χ1v) is 5.79. The number of benzene rings is 1. The van der Waals surface area contributed by atoms with Gasteiger partial charge >= 0.3 is 6.18 Å². The molecule has 1 heterocycles. The zero-order chi connectivity index (χ0) is 16.5. The maximum absolute atomic E-state index is 12.9. The summed E-state index contributed by atoms with van der Waals surface area (Å²) in [5.41, 5.74) is -2.83. The van der Waals surface area contributed by atoms with Gasteiger partial charge in [-0.2, -0.15) is 13.2 Å². The number of nitrogens with one attached hydrogen (secondary N) is 1. The lowest BCUT2D eigenvalue weighted by Gasteiger charge is -2.12. The van der Waals surface area contributed by atoms with E-state index in [9.17, 15) is 28.1 Å². The van der Waals surface area contributed by atoms with Gasteiger partial charge in [0.15, 0.2) is 5.69 Å². The van der Waals surface area contributed by atoms with Gasteiger partial charge in [-0.3, -0.25) is 14.9 Å². The molecule has 0 aliphatic carbocycles. The lowest BCUT2D eigenvalue weighted by molar-refractivity contribution is -0.384. The summed E-state index contributed by atoms with van der Waals surface area (Å²) in [6.45, 7) is 1.20. The number of rotatable bonds is 3. The third-order valence-corrected chi connectivity index (χ3v) is 2.53. The smallest absolute Gasteiger partial charge is 0.437 e. The highest BCUT2D eigenvalue weighted by Crippen LogP contribution is 2.34. The van der Waals surface area contributed by atoms with Crippen LogP contribution in [0, 0.1) is 17.0 Å². The van der Waals surface area contributed by atoms with Gasteiger partial charge in [-0.05, 0) is 19.1 Å². The number of non-ortho nitro benzene ring substituents is 1. The Morgan fingerprint density at radius 3 is 2.36 bits per heavy atom. The second kappa shape index (κ2) is 5.47. The predicted octanol–water partition coefficient (Wildman–Crippen LogP) is 2.80. The van der Waals surface area contributed by atoms with Crippen LogP contribution in [0.5, 0.6) is 11.5 Å². The van der Waals surface area contributed by atoms with Crippen molar-refractivity contribution in [1.29, 1.82) is 0 Å². The van der Waals surface area contributed by atoms with Crippen LogP contribution in [0.1, 0.15) is 11.5 Å². The minimum atomic E-state index is -4.88. The first-order valence-electron chi connectivity index (χ1n) is 5.79. The number of aryl methyl sites for hydroxylation is 1. The van der Waals surface area contributed by atoms with Crippen molar-refractivity contribution in [3.8, 4) is 11.5 Å². The van der Waals surface area contributed by atoms with Crippen LogP contribution in [0.2, 0.25) is 0 Å². The largest absolute Gasteiger partial charge is 0.449 e. The number of aromatic amines is 1. The Morgan fingerprint density at radius 2 is 1.86 bits per heavy atom. The Bertz CT molecular complexity index is 769. The lowest BCUT2D eigenvalue weighted by Crippen LogP contribution is -2.20. The fourth-order valence-corrected chi connectivity index (χ4v) is 1.62. The van der Waals surface area contributed by atoms with E-state index in [0.29, 0.717) is 0 Å². The van der Waals surface area contributed by atoms with E-state index in [1.165, 1.54) is 6.92 Å². The maximum atomic E-state index is 12.9. The molecule has 0 atom stereocenters. The molecule has 0 saturated heterocycles. The van der Waals surface area contributed by atoms with Crippen LogP contribution in [-0.4, -0.2) is 14.9 Å². The third kappa shape index (κ3) is 3.22.